The number of carbonyl (C=O) groups excluding carboxylic acids is 1. The van der Waals surface area contributed by atoms with Gasteiger partial charge in [-0.2, -0.15) is 0 Å². The van der Waals surface area contributed by atoms with Crippen LogP contribution in [0.25, 0.3) is 0 Å². The van der Waals surface area contributed by atoms with Gasteiger partial charge in [-0.1, -0.05) is 19.9 Å². The molecule has 5 nitrogen and oxygen atoms in total. The average molecular weight is 245 g/mol. The van der Waals surface area contributed by atoms with E-state index in [4.69, 9.17) is 0 Å². The SMILES string of the molecule is CC1(C)CC(=O)C(N=Nc2ccccn2)=C(O)C1. The molecule has 18 heavy (non-hydrogen) atoms. The molecule has 0 amide bonds. The van der Waals surface area contributed by atoms with E-state index in [2.05, 4.69) is 15.2 Å². The Bertz CT molecular complexity index is 518. The maximum atomic E-state index is 11.8. The van der Waals surface area contributed by atoms with Gasteiger partial charge in [0.1, 0.15) is 5.76 Å². The summed E-state index contributed by atoms with van der Waals surface area (Å²) in [5, 5.41) is 17.5. The Morgan fingerprint density at radius 1 is 1.28 bits per heavy atom. The minimum atomic E-state index is -0.217. The number of Topliss-reactive ketones (excluding diaryl/α,β-unsaturated/α-hetero) is 1. The van der Waals surface area contributed by atoms with Crippen molar-refractivity contribution in [2.45, 2.75) is 26.7 Å². The van der Waals surface area contributed by atoms with E-state index in [0.29, 0.717) is 18.7 Å². The predicted molar refractivity (Wildman–Crippen MR) is 66.4 cm³/mol. The molecule has 1 aromatic rings. The number of carbonyl (C=O) groups is 1. The lowest BCUT2D eigenvalue weighted by atomic mass is 9.78. The minimum absolute atomic E-state index is 0.0101. The molecule has 0 fully saturated rings. The van der Waals surface area contributed by atoms with Gasteiger partial charge in [-0.15, -0.1) is 10.2 Å². The van der Waals surface area contributed by atoms with Crippen molar-refractivity contribution in [1.29, 1.82) is 0 Å². The van der Waals surface area contributed by atoms with Crippen molar-refractivity contribution in [3.05, 3.63) is 35.9 Å². The Balaban J connectivity index is 2.24. The number of aliphatic hydroxyl groups is 1. The van der Waals surface area contributed by atoms with Crippen LogP contribution in [-0.2, 0) is 4.79 Å². The zero-order chi connectivity index (χ0) is 13.2. The first kappa shape index (κ1) is 12.4. The third-order valence-electron chi connectivity index (χ3n) is 2.72. The number of azo groups is 1. The van der Waals surface area contributed by atoms with E-state index in [-0.39, 0.29) is 22.7 Å². The average Bonchev–Trinajstić information content (AvgIpc) is 2.27. The van der Waals surface area contributed by atoms with Crippen LogP contribution in [0.4, 0.5) is 5.82 Å². The number of aromatic nitrogens is 1. The molecule has 1 heterocycles. The molecule has 1 N–H and O–H groups in total. The standard InChI is InChI=1S/C13H15N3O2/c1-13(2)7-9(17)12(10(18)8-13)16-15-11-5-3-4-6-14-11/h3-6,17H,7-8H2,1-2H3. The van der Waals surface area contributed by atoms with Crippen molar-refractivity contribution in [2.75, 3.05) is 0 Å². The third kappa shape index (κ3) is 2.80. The molecule has 1 aliphatic carbocycles. The van der Waals surface area contributed by atoms with Gasteiger partial charge in [-0.05, 0) is 17.5 Å². The van der Waals surface area contributed by atoms with Crippen molar-refractivity contribution >= 4 is 11.6 Å². The van der Waals surface area contributed by atoms with Crippen LogP contribution < -0.4 is 0 Å². The molecule has 0 atom stereocenters. The second-order valence-electron chi connectivity index (χ2n) is 5.12. The maximum Gasteiger partial charge on any atom is 0.187 e. The van der Waals surface area contributed by atoms with Crippen LogP contribution in [0, 0.1) is 5.41 Å². The number of allylic oxidation sites excluding steroid dienone is 2. The summed E-state index contributed by atoms with van der Waals surface area (Å²) >= 11 is 0. The highest BCUT2D eigenvalue weighted by molar-refractivity contribution is 5.96. The van der Waals surface area contributed by atoms with E-state index in [1.807, 2.05) is 13.8 Å². The third-order valence-corrected chi connectivity index (χ3v) is 2.72. The molecule has 0 unspecified atom stereocenters. The monoisotopic (exact) mass is 245 g/mol. The molecule has 2 rings (SSSR count). The second-order valence-corrected chi connectivity index (χ2v) is 5.12. The van der Waals surface area contributed by atoms with Crippen molar-refractivity contribution in [3.8, 4) is 0 Å². The van der Waals surface area contributed by atoms with Crippen LogP contribution in [0.5, 0.6) is 0 Å². The summed E-state index contributed by atoms with van der Waals surface area (Å²) in [4.78, 5) is 15.8. The lowest BCUT2D eigenvalue weighted by Crippen LogP contribution is -2.25. The molecular weight excluding hydrogens is 230 g/mol. The number of nitrogens with zero attached hydrogens (tertiary/aromatic N) is 3. The smallest absolute Gasteiger partial charge is 0.187 e. The topological polar surface area (TPSA) is 74.9 Å². The number of hydrogen-bond donors (Lipinski definition) is 1. The Labute approximate surface area is 105 Å². The minimum Gasteiger partial charge on any atom is -0.510 e. The number of rotatable bonds is 2. The molecule has 0 saturated carbocycles. The van der Waals surface area contributed by atoms with Crippen LogP contribution in [0.15, 0.2) is 46.1 Å². The largest absolute Gasteiger partial charge is 0.510 e. The lowest BCUT2D eigenvalue weighted by molar-refractivity contribution is -0.118. The number of hydrogen-bond acceptors (Lipinski definition) is 5. The molecule has 1 aromatic heterocycles. The van der Waals surface area contributed by atoms with Crippen LogP contribution >= 0.6 is 0 Å². The van der Waals surface area contributed by atoms with Gasteiger partial charge in [-0.25, -0.2) is 4.98 Å². The zero-order valence-corrected chi connectivity index (χ0v) is 10.4. The first-order valence-corrected chi connectivity index (χ1v) is 5.76. The molecule has 0 saturated heterocycles. The molecule has 0 radical (unpaired) electrons. The summed E-state index contributed by atoms with van der Waals surface area (Å²) in [5.41, 5.74) is -0.162. The van der Waals surface area contributed by atoms with Crippen LogP contribution in [0.2, 0.25) is 0 Å². The fraction of sp³-hybridized carbons (Fsp3) is 0.385. The summed E-state index contributed by atoms with van der Waals surface area (Å²) in [6.07, 6.45) is 2.40. The molecule has 1 aliphatic rings. The molecule has 0 spiro atoms. The van der Waals surface area contributed by atoms with Gasteiger partial charge in [0.05, 0.1) is 0 Å². The van der Waals surface area contributed by atoms with E-state index in [0.717, 1.165) is 0 Å². The van der Waals surface area contributed by atoms with E-state index in [1.165, 1.54) is 0 Å². The van der Waals surface area contributed by atoms with E-state index in [1.54, 1.807) is 24.4 Å². The number of pyridine rings is 1. The van der Waals surface area contributed by atoms with Gasteiger partial charge in [0.25, 0.3) is 0 Å². The van der Waals surface area contributed by atoms with Gasteiger partial charge in [0, 0.05) is 19.0 Å². The van der Waals surface area contributed by atoms with Crippen LogP contribution in [-0.4, -0.2) is 15.9 Å². The summed E-state index contributed by atoms with van der Waals surface area (Å²) in [5.74, 6) is 0.245. The van der Waals surface area contributed by atoms with Gasteiger partial charge in [-0.3, -0.25) is 4.79 Å². The summed E-state index contributed by atoms with van der Waals surface area (Å²) in [6.45, 7) is 3.88. The summed E-state index contributed by atoms with van der Waals surface area (Å²) < 4.78 is 0. The summed E-state index contributed by atoms with van der Waals surface area (Å²) in [6, 6.07) is 5.23. The first-order valence-electron chi connectivity index (χ1n) is 5.76. The number of aliphatic hydroxyl groups excluding tert-OH is 1. The summed E-state index contributed by atoms with van der Waals surface area (Å²) in [7, 11) is 0. The highest BCUT2D eigenvalue weighted by atomic mass is 16.3. The molecule has 0 aliphatic heterocycles. The van der Waals surface area contributed by atoms with Crippen molar-refractivity contribution in [3.63, 3.8) is 0 Å². The molecule has 0 bridgehead atoms. The van der Waals surface area contributed by atoms with Crippen LogP contribution in [0.3, 0.4) is 0 Å². The van der Waals surface area contributed by atoms with Crippen molar-refractivity contribution in [1.82, 2.24) is 4.98 Å². The Morgan fingerprint density at radius 3 is 2.67 bits per heavy atom. The van der Waals surface area contributed by atoms with Crippen LogP contribution in [0.1, 0.15) is 26.7 Å². The molecular formula is C13H15N3O2. The quantitative estimate of drug-likeness (QED) is 0.812. The molecule has 0 aromatic carbocycles. The van der Waals surface area contributed by atoms with E-state index in [9.17, 15) is 9.90 Å². The van der Waals surface area contributed by atoms with Gasteiger partial charge < -0.3 is 5.11 Å². The fourth-order valence-electron chi connectivity index (χ4n) is 1.91. The Hall–Kier alpha value is -2.04. The first-order chi connectivity index (χ1) is 8.48. The van der Waals surface area contributed by atoms with Crippen molar-refractivity contribution < 1.29 is 9.90 Å². The Morgan fingerprint density at radius 2 is 2.06 bits per heavy atom. The highest BCUT2D eigenvalue weighted by Crippen LogP contribution is 2.36. The molecule has 5 heteroatoms. The van der Waals surface area contributed by atoms with E-state index >= 15 is 0 Å². The van der Waals surface area contributed by atoms with Gasteiger partial charge >= 0.3 is 0 Å². The predicted octanol–water partition coefficient (Wildman–Crippen LogP) is 3.32. The van der Waals surface area contributed by atoms with E-state index < -0.39 is 0 Å². The van der Waals surface area contributed by atoms with Gasteiger partial charge in [0.15, 0.2) is 17.3 Å². The number of ketones is 1. The fourth-order valence-corrected chi connectivity index (χ4v) is 1.91. The molecule has 94 valence electrons. The van der Waals surface area contributed by atoms with Gasteiger partial charge in [0.2, 0.25) is 0 Å². The maximum absolute atomic E-state index is 11.8. The second kappa shape index (κ2) is 4.68. The van der Waals surface area contributed by atoms with Crippen molar-refractivity contribution in [2.24, 2.45) is 15.6 Å². The zero-order valence-electron chi connectivity index (χ0n) is 10.4. The normalized spacial score (nSPS) is 19.6. The Kier molecular flexibility index (Phi) is 3.23. The lowest BCUT2D eigenvalue weighted by Gasteiger charge is -2.27. The highest BCUT2D eigenvalue weighted by Gasteiger charge is 2.33.